The quantitative estimate of drug-likeness (QED) is 0.378. The third-order valence-corrected chi connectivity index (χ3v) is 0.840. The molecule has 1 aliphatic rings. The third-order valence-electron chi connectivity index (χ3n) is 0.840. The molecule has 0 spiro atoms. The van der Waals surface area contributed by atoms with E-state index in [-0.39, 0.29) is 38.7 Å². The van der Waals surface area contributed by atoms with Gasteiger partial charge in [0.05, 0.1) is 0 Å². The van der Waals surface area contributed by atoms with Crippen LogP contribution >= 0.6 is 0 Å². The van der Waals surface area contributed by atoms with Crippen LogP contribution in [0.2, 0.25) is 0 Å². The predicted octanol–water partition coefficient (Wildman–Crippen LogP) is 0.451. The Balaban J connectivity index is 0.000000360. The molecule has 0 aromatic rings. The molecule has 1 aliphatic heterocycles. The number of hydrogen-bond donors (Lipinski definition) is 0. The summed E-state index contributed by atoms with van der Waals surface area (Å²) in [4.78, 5) is 0. The predicted molar refractivity (Wildman–Crippen MR) is 24.2 cm³/mol. The number of ether oxygens (including phenoxy) is 1. The van der Waals surface area contributed by atoms with E-state index in [1.165, 1.54) is 0 Å². The zero-order chi connectivity index (χ0) is 4.41. The topological polar surface area (TPSA) is 9.23 Å². The van der Waals surface area contributed by atoms with Gasteiger partial charge in [-0.15, -0.1) is 0 Å². The summed E-state index contributed by atoms with van der Waals surface area (Å²) in [5, 5.41) is 0. The smallest absolute Gasteiger partial charge is 0.104 e. The minimum absolute atomic E-state index is 0. The first-order chi connectivity index (χ1) is 2.89. The van der Waals surface area contributed by atoms with E-state index in [4.69, 9.17) is 12.6 Å². The van der Waals surface area contributed by atoms with Crippen LogP contribution in [0.4, 0.5) is 0 Å². The summed E-state index contributed by atoms with van der Waals surface area (Å²) in [6.07, 6.45) is 2.00. The molecule has 1 fully saturated rings. The van der Waals surface area contributed by atoms with E-state index in [9.17, 15) is 0 Å². The van der Waals surface area contributed by atoms with Crippen LogP contribution in [0.15, 0.2) is 0 Å². The van der Waals surface area contributed by atoms with Crippen LogP contribution in [-0.4, -0.2) is 13.8 Å². The molecule has 1 rings (SSSR count). The Hall–Kier alpha value is 1.13. The Morgan fingerprint density at radius 3 is 2.57 bits per heavy atom. The molecule has 1 atom stereocenters. The van der Waals surface area contributed by atoms with E-state index in [1.807, 2.05) is 0 Å². The SMILES string of the molecule is [B]C1CC[CH-]O1.[Y]. The number of rotatable bonds is 0. The first-order valence-corrected chi connectivity index (χ1v) is 2.12. The van der Waals surface area contributed by atoms with E-state index < -0.39 is 0 Å². The maximum absolute atomic E-state index is 5.28. The molecule has 35 valence electrons. The van der Waals surface area contributed by atoms with Crippen molar-refractivity contribution in [3.8, 4) is 0 Å². The first-order valence-electron chi connectivity index (χ1n) is 2.12. The van der Waals surface area contributed by atoms with Gasteiger partial charge in [0.25, 0.3) is 0 Å². The van der Waals surface area contributed by atoms with Crippen molar-refractivity contribution in [1.82, 2.24) is 0 Å². The summed E-state index contributed by atoms with van der Waals surface area (Å²) >= 11 is 0. The van der Waals surface area contributed by atoms with Gasteiger partial charge in [-0.05, 0) is 6.00 Å². The van der Waals surface area contributed by atoms with E-state index in [0.29, 0.717) is 0 Å². The Morgan fingerprint density at radius 1 is 1.71 bits per heavy atom. The van der Waals surface area contributed by atoms with Gasteiger partial charge < -0.3 is 4.74 Å². The fraction of sp³-hybridized carbons (Fsp3) is 0.750. The van der Waals surface area contributed by atoms with Crippen molar-refractivity contribution in [2.45, 2.75) is 18.8 Å². The monoisotopic (exact) mass is 170 g/mol. The van der Waals surface area contributed by atoms with Crippen molar-refractivity contribution >= 4 is 7.85 Å². The van der Waals surface area contributed by atoms with E-state index in [2.05, 4.69) is 0 Å². The minimum atomic E-state index is -0.00926. The van der Waals surface area contributed by atoms with Gasteiger partial charge in [-0.3, -0.25) is 0 Å². The molecule has 0 aromatic carbocycles. The van der Waals surface area contributed by atoms with Gasteiger partial charge in [-0.1, -0.05) is 6.42 Å². The Morgan fingerprint density at radius 2 is 2.43 bits per heavy atom. The van der Waals surface area contributed by atoms with Crippen molar-refractivity contribution in [2.75, 3.05) is 0 Å². The van der Waals surface area contributed by atoms with Gasteiger partial charge in [0.2, 0.25) is 0 Å². The van der Waals surface area contributed by atoms with Crippen LogP contribution in [0.25, 0.3) is 0 Å². The average molecular weight is 170 g/mol. The normalized spacial score (nSPS) is 29.4. The summed E-state index contributed by atoms with van der Waals surface area (Å²) in [6.45, 7) is 1.75. The second-order valence-corrected chi connectivity index (χ2v) is 1.42. The van der Waals surface area contributed by atoms with Gasteiger partial charge in [-0.25, -0.2) is 6.61 Å². The summed E-state index contributed by atoms with van der Waals surface area (Å²) in [5.41, 5.74) is 0. The van der Waals surface area contributed by atoms with Crippen LogP contribution in [0, 0.1) is 6.61 Å². The molecule has 3 heteroatoms. The molecule has 0 amide bonds. The summed E-state index contributed by atoms with van der Waals surface area (Å²) in [6, 6.07) is -0.00926. The minimum Gasteiger partial charge on any atom is -0.557 e. The first kappa shape index (κ1) is 8.13. The maximum atomic E-state index is 5.28. The molecule has 1 saturated heterocycles. The molecule has 7 heavy (non-hydrogen) atoms. The Labute approximate surface area is 70.5 Å². The standard InChI is InChI=1S/C4H6BO.Y/c5-4-2-1-3-6-4;/h3-4H,1-2H2;/q-1;. The molecular weight excluding hydrogens is 164 g/mol. The van der Waals surface area contributed by atoms with Crippen molar-refractivity contribution in [3.63, 3.8) is 0 Å². The van der Waals surface area contributed by atoms with Crippen LogP contribution in [0.3, 0.4) is 0 Å². The molecule has 1 nitrogen and oxygen atoms in total. The third kappa shape index (κ3) is 2.84. The van der Waals surface area contributed by atoms with Crippen LogP contribution in [-0.2, 0) is 37.4 Å². The average Bonchev–Trinajstić information content (AvgIpc) is 1.86. The van der Waals surface area contributed by atoms with E-state index >= 15 is 0 Å². The molecular formula is C4H6BOY-. The van der Waals surface area contributed by atoms with Crippen molar-refractivity contribution in [3.05, 3.63) is 6.61 Å². The second-order valence-electron chi connectivity index (χ2n) is 1.42. The molecule has 3 radical (unpaired) electrons. The molecule has 1 unspecified atom stereocenters. The Kier molecular flexibility index (Phi) is 4.71. The molecule has 0 N–H and O–H groups in total. The molecule has 0 aliphatic carbocycles. The van der Waals surface area contributed by atoms with Gasteiger partial charge in [0, 0.05) is 32.7 Å². The largest absolute Gasteiger partial charge is 0.557 e. The molecule has 0 saturated carbocycles. The van der Waals surface area contributed by atoms with E-state index in [1.54, 1.807) is 6.61 Å². The Bertz CT molecular complexity index is 45.0. The fourth-order valence-corrected chi connectivity index (χ4v) is 0.492. The zero-order valence-corrected chi connectivity index (χ0v) is 6.97. The summed E-state index contributed by atoms with van der Waals surface area (Å²) in [5.74, 6) is 0. The van der Waals surface area contributed by atoms with Gasteiger partial charge >= 0.3 is 0 Å². The maximum Gasteiger partial charge on any atom is 0.104 e. The summed E-state index contributed by atoms with van der Waals surface area (Å²) in [7, 11) is 5.28. The number of hydrogen-bond acceptors (Lipinski definition) is 1. The summed E-state index contributed by atoms with van der Waals surface area (Å²) < 4.78 is 4.81. The van der Waals surface area contributed by atoms with Crippen molar-refractivity contribution < 1.29 is 37.4 Å². The zero-order valence-electron chi connectivity index (χ0n) is 4.13. The fourth-order valence-electron chi connectivity index (χ4n) is 0.492. The van der Waals surface area contributed by atoms with E-state index in [0.717, 1.165) is 12.8 Å². The van der Waals surface area contributed by atoms with Gasteiger partial charge in [0.1, 0.15) is 7.85 Å². The second kappa shape index (κ2) is 4.05. The van der Waals surface area contributed by atoms with Crippen LogP contribution in [0.1, 0.15) is 12.8 Å². The molecule has 0 bridgehead atoms. The molecule has 1 heterocycles. The van der Waals surface area contributed by atoms with Crippen molar-refractivity contribution in [2.24, 2.45) is 0 Å². The molecule has 0 aromatic heterocycles. The van der Waals surface area contributed by atoms with Crippen LogP contribution < -0.4 is 0 Å². The van der Waals surface area contributed by atoms with Crippen molar-refractivity contribution in [1.29, 1.82) is 0 Å². The van der Waals surface area contributed by atoms with Gasteiger partial charge in [-0.2, -0.15) is 6.42 Å². The van der Waals surface area contributed by atoms with Gasteiger partial charge in [0.15, 0.2) is 0 Å². The van der Waals surface area contributed by atoms with Crippen LogP contribution in [0.5, 0.6) is 0 Å².